The molecule has 1 aliphatic rings. The lowest BCUT2D eigenvalue weighted by atomic mass is 10.1. The van der Waals surface area contributed by atoms with Gasteiger partial charge in [-0.05, 0) is 66.3 Å². The molecule has 7 heteroatoms. The molecule has 3 aromatic carbocycles. The van der Waals surface area contributed by atoms with Crippen molar-refractivity contribution in [3.8, 4) is 0 Å². The maximum atomic E-state index is 12.7. The molecule has 6 nitrogen and oxygen atoms in total. The standard InChI is InChI=1S/C27H28N2O4S/c1-29(18-21-5-3-2-4-6-21)27(31)23-11-13-24(14-12-23)28-26(30)17-20-9-15-25(16-10-20)34(32,33)19-22-7-8-22/h2-6,9-16,22H,7-8,17-19H2,1H3,(H,28,30). The highest BCUT2D eigenvalue weighted by molar-refractivity contribution is 7.91. The van der Waals surface area contributed by atoms with Gasteiger partial charge in [0.05, 0.1) is 17.1 Å². The molecule has 0 radical (unpaired) electrons. The quantitative estimate of drug-likeness (QED) is 0.498. The van der Waals surface area contributed by atoms with Crippen molar-refractivity contribution in [1.82, 2.24) is 4.90 Å². The largest absolute Gasteiger partial charge is 0.337 e. The third-order valence-corrected chi connectivity index (χ3v) is 7.72. The van der Waals surface area contributed by atoms with E-state index >= 15 is 0 Å². The Balaban J connectivity index is 1.30. The Bertz CT molecular complexity index is 1250. The molecule has 1 saturated carbocycles. The first-order valence-electron chi connectivity index (χ1n) is 11.3. The topological polar surface area (TPSA) is 83.6 Å². The number of carbonyl (C=O) groups excluding carboxylic acids is 2. The summed E-state index contributed by atoms with van der Waals surface area (Å²) in [6.45, 7) is 0.513. The first-order chi connectivity index (χ1) is 16.3. The molecule has 1 aliphatic carbocycles. The van der Waals surface area contributed by atoms with Crippen molar-refractivity contribution < 1.29 is 18.0 Å². The van der Waals surface area contributed by atoms with Crippen molar-refractivity contribution in [1.29, 1.82) is 0 Å². The number of hydrogen-bond acceptors (Lipinski definition) is 4. The minimum Gasteiger partial charge on any atom is -0.337 e. The van der Waals surface area contributed by atoms with E-state index < -0.39 is 9.84 Å². The molecule has 176 valence electrons. The molecule has 0 unspecified atom stereocenters. The Labute approximate surface area is 200 Å². The molecule has 0 aromatic heterocycles. The highest BCUT2D eigenvalue weighted by atomic mass is 32.2. The Kier molecular flexibility index (Phi) is 7.12. The molecular formula is C27H28N2O4S. The molecule has 0 heterocycles. The van der Waals surface area contributed by atoms with Gasteiger partial charge in [0.1, 0.15) is 0 Å². The zero-order chi connectivity index (χ0) is 24.1. The molecule has 0 atom stereocenters. The monoisotopic (exact) mass is 476 g/mol. The molecule has 34 heavy (non-hydrogen) atoms. The van der Waals surface area contributed by atoms with Crippen LogP contribution in [0.15, 0.2) is 83.8 Å². The van der Waals surface area contributed by atoms with Crippen LogP contribution in [0.5, 0.6) is 0 Å². The summed E-state index contributed by atoms with van der Waals surface area (Å²) in [6, 6.07) is 23.1. The Hall–Kier alpha value is -3.45. The van der Waals surface area contributed by atoms with Gasteiger partial charge in [0.2, 0.25) is 5.91 Å². The van der Waals surface area contributed by atoms with Crippen LogP contribution in [0.2, 0.25) is 0 Å². The lowest BCUT2D eigenvalue weighted by Crippen LogP contribution is -2.26. The highest BCUT2D eigenvalue weighted by Gasteiger charge is 2.29. The molecule has 1 fully saturated rings. The third-order valence-electron chi connectivity index (χ3n) is 5.82. The molecule has 0 spiro atoms. The van der Waals surface area contributed by atoms with Crippen molar-refractivity contribution in [3.63, 3.8) is 0 Å². The van der Waals surface area contributed by atoms with E-state index in [2.05, 4.69) is 5.32 Å². The smallest absolute Gasteiger partial charge is 0.253 e. The first-order valence-corrected chi connectivity index (χ1v) is 13.0. The van der Waals surface area contributed by atoms with Crippen molar-refractivity contribution in [2.75, 3.05) is 18.1 Å². The maximum absolute atomic E-state index is 12.7. The number of rotatable bonds is 9. The number of nitrogens with zero attached hydrogens (tertiary/aromatic N) is 1. The Morgan fingerprint density at radius 2 is 1.53 bits per heavy atom. The second-order valence-electron chi connectivity index (χ2n) is 8.82. The van der Waals surface area contributed by atoms with E-state index in [4.69, 9.17) is 0 Å². The minimum absolute atomic E-state index is 0.0987. The maximum Gasteiger partial charge on any atom is 0.253 e. The number of anilines is 1. The molecule has 0 saturated heterocycles. The fourth-order valence-electron chi connectivity index (χ4n) is 3.74. The zero-order valence-corrected chi connectivity index (χ0v) is 19.9. The van der Waals surface area contributed by atoms with E-state index in [-0.39, 0.29) is 24.0 Å². The molecule has 1 N–H and O–H groups in total. The normalized spacial score (nSPS) is 13.3. The summed E-state index contributed by atoms with van der Waals surface area (Å²) in [5.41, 5.74) is 2.92. The zero-order valence-electron chi connectivity index (χ0n) is 19.1. The second-order valence-corrected chi connectivity index (χ2v) is 10.9. The molecule has 0 bridgehead atoms. The van der Waals surface area contributed by atoms with Crippen LogP contribution in [-0.4, -0.2) is 37.9 Å². The molecular weight excluding hydrogens is 448 g/mol. The molecule has 2 amide bonds. The van der Waals surface area contributed by atoms with Gasteiger partial charge in [0.15, 0.2) is 9.84 Å². The van der Waals surface area contributed by atoms with Gasteiger partial charge < -0.3 is 10.2 Å². The predicted molar refractivity (Wildman–Crippen MR) is 132 cm³/mol. The van der Waals surface area contributed by atoms with E-state index in [1.54, 1.807) is 60.5 Å². The predicted octanol–water partition coefficient (Wildman–Crippen LogP) is 4.32. The number of benzene rings is 3. The molecule has 4 rings (SSSR count). The van der Waals surface area contributed by atoms with Crippen LogP contribution in [-0.2, 0) is 27.6 Å². The van der Waals surface area contributed by atoms with Crippen molar-refractivity contribution >= 4 is 27.3 Å². The average molecular weight is 477 g/mol. The summed E-state index contributed by atoms with van der Waals surface area (Å²) in [5.74, 6) is 0.182. The van der Waals surface area contributed by atoms with Crippen molar-refractivity contribution in [2.24, 2.45) is 5.92 Å². The Morgan fingerprint density at radius 3 is 2.15 bits per heavy atom. The average Bonchev–Trinajstić information content (AvgIpc) is 3.63. The van der Waals surface area contributed by atoms with Gasteiger partial charge in [-0.25, -0.2) is 8.42 Å². The van der Waals surface area contributed by atoms with Gasteiger partial charge in [-0.2, -0.15) is 0 Å². The van der Waals surface area contributed by atoms with E-state index in [1.807, 2.05) is 30.3 Å². The van der Waals surface area contributed by atoms with Crippen molar-refractivity contribution in [2.45, 2.75) is 30.7 Å². The van der Waals surface area contributed by atoms with Crippen LogP contribution < -0.4 is 5.32 Å². The van der Waals surface area contributed by atoms with E-state index in [0.29, 0.717) is 28.6 Å². The summed E-state index contributed by atoms with van der Waals surface area (Å²) in [5, 5.41) is 2.82. The van der Waals surface area contributed by atoms with Crippen molar-refractivity contribution in [3.05, 3.63) is 95.6 Å². The van der Waals surface area contributed by atoms with Gasteiger partial charge in [0.25, 0.3) is 5.91 Å². The van der Waals surface area contributed by atoms with Crippen LogP contribution in [0.1, 0.15) is 34.3 Å². The second kappa shape index (κ2) is 10.2. The number of amides is 2. The van der Waals surface area contributed by atoms with Gasteiger partial charge in [-0.15, -0.1) is 0 Å². The SMILES string of the molecule is CN(Cc1ccccc1)C(=O)c1ccc(NC(=O)Cc2ccc(S(=O)(=O)CC3CC3)cc2)cc1. The summed E-state index contributed by atoms with van der Waals surface area (Å²) in [7, 11) is -1.50. The summed E-state index contributed by atoms with van der Waals surface area (Å²) < 4.78 is 24.7. The van der Waals surface area contributed by atoms with Crippen LogP contribution in [0, 0.1) is 5.92 Å². The number of nitrogens with one attached hydrogen (secondary N) is 1. The fourth-order valence-corrected chi connectivity index (χ4v) is 5.44. The summed E-state index contributed by atoms with van der Waals surface area (Å²) in [4.78, 5) is 27.1. The van der Waals surface area contributed by atoms with Crippen LogP contribution in [0.4, 0.5) is 5.69 Å². The third kappa shape index (κ3) is 6.32. The lowest BCUT2D eigenvalue weighted by Gasteiger charge is -2.17. The Morgan fingerprint density at radius 1 is 0.882 bits per heavy atom. The molecule has 0 aliphatic heterocycles. The van der Waals surface area contributed by atoms with E-state index in [0.717, 1.165) is 24.0 Å². The minimum atomic E-state index is -3.26. The number of hydrogen-bond donors (Lipinski definition) is 1. The van der Waals surface area contributed by atoms with E-state index in [9.17, 15) is 18.0 Å². The van der Waals surface area contributed by atoms with Gasteiger partial charge >= 0.3 is 0 Å². The van der Waals surface area contributed by atoms with Crippen LogP contribution >= 0.6 is 0 Å². The van der Waals surface area contributed by atoms with Gasteiger partial charge in [-0.3, -0.25) is 9.59 Å². The van der Waals surface area contributed by atoms with Gasteiger partial charge in [-0.1, -0.05) is 42.5 Å². The first kappa shape index (κ1) is 23.7. The molecule has 3 aromatic rings. The number of sulfone groups is 1. The van der Waals surface area contributed by atoms with Gasteiger partial charge in [0, 0.05) is 24.8 Å². The van der Waals surface area contributed by atoms with Crippen LogP contribution in [0.25, 0.3) is 0 Å². The highest BCUT2D eigenvalue weighted by Crippen LogP contribution is 2.32. The summed E-state index contributed by atoms with van der Waals surface area (Å²) in [6.07, 6.45) is 2.09. The fraction of sp³-hybridized carbons (Fsp3) is 0.259. The van der Waals surface area contributed by atoms with E-state index in [1.165, 1.54) is 0 Å². The number of carbonyl (C=O) groups is 2. The summed E-state index contributed by atoms with van der Waals surface area (Å²) >= 11 is 0. The van der Waals surface area contributed by atoms with Crippen LogP contribution in [0.3, 0.4) is 0 Å². The lowest BCUT2D eigenvalue weighted by molar-refractivity contribution is -0.115.